The fraction of sp³-hybridized carbons (Fsp3) is 0. The zero-order chi connectivity index (χ0) is 36.0. The highest BCUT2D eigenvalue weighted by atomic mass is 32.1. The van der Waals surface area contributed by atoms with Gasteiger partial charge in [0.15, 0.2) is 0 Å². The zero-order valence-corrected chi connectivity index (χ0v) is 30.3. The summed E-state index contributed by atoms with van der Waals surface area (Å²) in [5.41, 5.74) is 11.1. The molecule has 0 fully saturated rings. The van der Waals surface area contributed by atoms with Gasteiger partial charge in [0.25, 0.3) is 0 Å². The third-order valence-electron chi connectivity index (χ3n) is 11.1. The lowest BCUT2D eigenvalue weighted by Gasteiger charge is -2.10. The van der Waals surface area contributed by atoms with Crippen LogP contribution in [0.25, 0.3) is 109 Å². The van der Waals surface area contributed by atoms with E-state index in [9.17, 15) is 0 Å². The summed E-state index contributed by atoms with van der Waals surface area (Å²) in [4.78, 5) is 10.8. The molecule has 0 saturated heterocycles. The molecule has 55 heavy (non-hydrogen) atoms. The molecule has 4 nitrogen and oxygen atoms in total. The molecule has 0 aliphatic carbocycles. The molecule has 0 atom stereocenters. The first-order valence-electron chi connectivity index (χ1n) is 18.6. The SMILES string of the molecule is c1ccc(-c2nc(-n3c4ccccc4c4cc(-c5ccc6c(c5)c5ccccc5n6-c5ccccc5)ccc43)nc3c2sc2cc4ccccc4cc23)cc1. The van der Waals surface area contributed by atoms with Gasteiger partial charge in [-0.05, 0) is 82.6 Å². The Bertz CT molecular complexity index is 3480. The molecule has 4 aromatic heterocycles. The van der Waals surface area contributed by atoms with Crippen molar-refractivity contribution in [1.82, 2.24) is 19.1 Å². The monoisotopic (exact) mass is 718 g/mol. The van der Waals surface area contributed by atoms with Crippen molar-refractivity contribution in [3.8, 4) is 34.0 Å². The summed E-state index contributed by atoms with van der Waals surface area (Å²) in [5.74, 6) is 0.674. The molecule has 0 unspecified atom stereocenters. The third kappa shape index (κ3) is 4.57. The molecule has 0 saturated carbocycles. The largest absolute Gasteiger partial charge is 0.309 e. The second-order valence-electron chi connectivity index (χ2n) is 14.2. The Morgan fingerprint density at radius 1 is 0.382 bits per heavy atom. The summed E-state index contributed by atoms with van der Waals surface area (Å²) < 4.78 is 6.94. The maximum Gasteiger partial charge on any atom is 0.235 e. The van der Waals surface area contributed by atoms with Crippen molar-refractivity contribution in [2.45, 2.75) is 0 Å². The third-order valence-corrected chi connectivity index (χ3v) is 12.3. The van der Waals surface area contributed by atoms with E-state index < -0.39 is 0 Å². The van der Waals surface area contributed by atoms with E-state index in [2.05, 4.69) is 191 Å². The number of hydrogen-bond acceptors (Lipinski definition) is 3. The maximum absolute atomic E-state index is 5.43. The summed E-state index contributed by atoms with van der Waals surface area (Å²) in [7, 11) is 0. The van der Waals surface area contributed by atoms with Gasteiger partial charge in [0.05, 0.1) is 38.0 Å². The van der Waals surface area contributed by atoms with Gasteiger partial charge in [-0.25, -0.2) is 9.97 Å². The number of nitrogens with zero attached hydrogens (tertiary/aromatic N) is 4. The highest BCUT2D eigenvalue weighted by molar-refractivity contribution is 7.26. The number of fused-ring (bicyclic) bond motifs is 10. The van der Waals surface area contributed by atoms with Gasteiger partial charge in [0, 0.05) is 42.9 Å². The molecule has 0 spiro atoms. The Labute approximate surface area is 319 Å². The predicted molar refractivity (Wildman–Crippen MR) is 232 cm³/mol. The smallest absolute Gasteiger partial charge is 0.235 e. The van der Waals surface area contributed by atoms with Crippen molar-refractivity contribution in [3.63, 3.8) is 0 Å². The van der Waals surface area contributed by atoms with Gasteiger partial charge < -0.3 is 4.57 Å². The van der Waals surface area contributed by atoms with Crippen molar-refractivity contribution < 1.29 is 0 Å². The van der Waals surface area contributed by atoms with E-state index in [1.54, 1.807) is 11.3 Å². The topological polar surface area (TPSA) is 35.6 Å². The molecular formula is C50H30N4S. The van der Waals surface area contributed by atoms with Crippen LogP contribution in [0.1, 0.15) is 0 Å². The zero-order valence-electron chi connectivity index (χ0n) is 29.5. The van der Waals surface area contributed by atoms with Crippen LogP contribution in [0.2, 0.25) is 0 Å². The van der Waals surface area contributed by atoms with Crippen molar-refractivity contribution in [2.75, 3.05) is 0 Å². The minimum atomic E-state index is 0.674. The lowest BCUT2D eigenvalue weighted by molar-refractivity contribution is 1.02. The van der Waals surface area contributed by atoms with E-state index >= 15 is 0 Å². The van der Waals surface area contributed by atoms with E-state index in [-0.39, 0.29) is 0 Å². The van der Waals surface area contributed by atoms with E-state index in [0.29, 0.717) is 5.95 Å². The molecule has 0 N–H and O–H groups in total. The van der Waals surface area contributed by atoms with Crippen molar-refractivity contribution in [3.05, 3.63) is 182 Å². The van der Waals surface area contributed by atoms with Crippen LogP contribution in [0.15, 0.2) is 182 Å². The van der Waals surface area contributed by atoms with Gasteiger partial charge in [-0.2, -0.15) is 0 Å². The number of rotatable bonds is 4. The Kier molecular flexibility index (Phi) is 6.47. The molecule has 256 valence electrons. The Morgan fingerprint density at radius 2 is 0.927 bits per heavy atom. The lowest BCUT2D eigenvalue weighted by Crippen LogP contribution is -2.02. The van der Waals surface area contributed by atoms with Crippen LogP contribution < -0.4 is 0 Å². The van der Waals surface area contributed by atoms with Gasteiger partial charge in [-0.1, -0.05) is 121 Å². The number of benzene rings is 8. The first-order chi connectivity index (χ1) is 27.3. The van der Waals surface area contributed by atoms with Gasteiger partial charge in [-0.3, -0.25) is 4.57 Å². The molecule has 12 rings (SSSR count). The van der Waals surface area contributed by atoms with Gasteiger partial charge >= 0.3 is 0 Å². The Morgan fingerprint density at radius 3 is 1.62 bits per heavy atom. The summed E-state index contributed by atoms with van der Waals surface area (Å²) >= 11 is 1.78. The van der Waals surface area contributed by atoms with Crippen LogP contribution in [-0.2, 0) is 0 Å². The highest BCUT2D eigenvalue weighted by Crippen LogP contribution is 2.42. The summed E-state index contributed by atoms with van der Waals surface area (Å²) in [6.45, 7) is 0. The molecule has 0 radical (unpaired) electrons. The number of hydrogen-bond donors (Lipinski definition) is 0. The minimum absolute atomic E-state index is 0.674. The normalized spacial score (nSPS) is 12.0. The van der Waals surface area contributed by atoms with E-state index in [1.807, 2.05) is 0 Å². The maximum atomic E-state index is 5.43. The van der Waals surface area contributed by atoms with E-state index in [0.717, 1.165) is 43.6 Å². The van der Waals surface area contributed by atoms with Crippen LogP contribution in [0.4, 0.5) is 0 Å². The van der Waals surface area contributed by atoms with Gasteiger partial charge in [-0.15, -0.1) is 11.3 Å². The summed E-state index contributed by atoms with van der Waals surface area (Å²) in [5, 5.41) is 8.44. The van der Waals surface area contributed by atoms with Crippen LogP contribution >= 0.6 is 11.3 Å². The fourth-order valence-electron chi connectivity index (χ4n) is 8.58. The second-order valence-corrected chi connectivity index (χ2v) is 15.3. The first-order valence-corrected chi connectivity index (χ1v) is 19.4. The Hall–Kier alpha value is -7.08. The van der Waals surface area contributed by atoms with Crippen LogP contribution in [-0.4, -0.2) is 19.1 Å². The van der Waals surface area contributed by atoms with Gasteiger partial charge in [0.2, 0.25) is 5.95 Å². The molecular weight excluding hydrogens is 689 g/mol. The second kappa shape index (κ2) is 11.7. The number of para-hydroxylation sites is 3. The molecule has 4 heterocycles. The number of thiophene rings is 1. The van der Waals surface area contributed by atoms with Crippen molar-refractivity contribution >= 4 is 86.0 Å². The molecule has 0 bridgehead atoms. The molecule has 8 aromatic carbocycles. The van der Waals surface area contributed by atoms with Crippen LogP contribution in [0, 0.1) is 0 Å². The number of aromatic nitrogens is 4. The average Bonchev–Trinajstić information content (AvgIpc) is 3.90. The molecule has 0 aliphatic rings. The van der Waals surface area contributed by atoms with E-state index in [4.69, 9.17) is 9.97 Å². The van der Waals surface area contributed by atoms with Crippen molar-refractivity contribution in [1.29, 1.82) is 0 Å². The van der Waals surface area contributed by atoms with Crippen molar-refractivity contribution in [2.24, 2.45) is 0 Å². The molecule has 12 aromatic rings. The summed E-state index contributed by atoms with van der Waals surface area (Å²) in [6, 6.07) is 65.4. The molecule has 0 amide bonds. The van der Waals surface area contributed by atoms with Crippen LogP contribution in [0.5, 0.6) is 0 Å². The molecule has 5 heteroatoms. The van der Waals surface area contributed by atoms with E-state index in [1.165, 1.54) is 59.2 Å². The Balaban J connectivity index is 1.08. The first kappa shape index (κ1) is 30.4. The van der Waals surface area contributed by atoms with Gasteiger partial charge in [0.1, 0.15) is 0 Å². The highest BCUT2D eigenvalue weighted by Gasteiger charge is 2.21. The van der Waals surface area contributed by atoms with Crippen LogP contribution in [0.3, 0.4) is 0 Å². The lowest BCUT2D eigenvalue weighted by atomic mass is 10.0. The summed E-state index contributed by atoms with van der Waals surface area (Å²) in [6.07, 6.45) is 0. The predicted octanol–water partition coefficient (Wildman–Crippen LogP) is 13.5. The molecule has 0 aliphatic heterocycles. The fourth-order valence-corrected chi connectivity index (χ4v) is 9.77. The minimum Gasteiger partial charge on any atom is -0.309 e. The average molecular weight is 719 g/mol. The quantitative estimate of drug-likeness (QED) is 0.182. The standard InChI is InChI=1S/C50H30N4S/c1-3-13-31(14-4-1)47-49-48(41-29-32-15-7-8-16-33(32)30-46(41)55-49)52-50(51-47)54-43-22-12-10-20-38(43)40-28-35(24-26-45(40)54)34-23-25-44-39(27-34)37-19-9-11-21-42(37)53(44)36-17-5-2-6-18-36/h1-30H.